The SMILES string of the molecule is CC(=O)N1c2ccc(-c3cnn(C4CC4)c3)c(OCC(O)N(C)C3CC3)c2CC[C@@H]1C. The van der Waals surface area contributed by atoms with Gasteiger partial charge in [-0.1, -0.05) is 0 Å². The van der Waals surface area contributed by atoms with Crippen molar-refractivity contribution in [3.8, 4) is 16.9 Å². The first-order chi connectivity index (χ1) is 14.9. The van der Waals surface area contributed by atoms with Crippen LogP contribution in [0.3, 0.4) is 0 Å². The fourth-order valence-electron chi connectivity index (χ4n) is 4.69. The molecule has 1 amide bonds. The molecule has 2 heterocycles. The zero-order chi connectivity index (χ0) is 21.7. The van der Waals surface area contributed by atoms with Crippen LogP contribution in [0.2, 0.25) is 0 Å². The lowest BCUT2D eigenvalue weighted by Gasteiger charge is -2.36. The summed E-state index contributed by atoms with van der Waals surface area (Å²) < 4.78 is 8.37. The molecule has 7 heteroatoms. The number of nitrogens with zero attached hydrogens (tertiary/aromatic N) is 4. The maximum Gasteiger partial charge on any atom is 0.224 e. The summed E-state index contributed by atoms with van der Waals surface area (Å²) in [6.45, 7) is 3.91. The van der Waals surface area contributed by atoms with Crippen LogP contribution in [0, 0.1) is 0 Å². The van der Waals surface area contributed by atoms with Gasteiger partial charge in [-0.15, -0.1) is 0 Å². The van der Waals surface area contributed by atoms with E-state index in [1.54, 1.807) is 6.92 Å². The molecule has 7 nitrogen and oxygen atoms in total. The van der Waals surface area contributed by atoms with Crippen molar-refractivity contribution < 1.29 is 14.6 Å². The van der Waals surface area contributed by atoms with Crippen LogP contribution in [-0.4, -0.2) is 57.7 Å². The molecule has 31 heavy (non-hydrogen) atoms. The molecule has 2 saturated carbocycles. The van der Waals surface area contributed by atoms with Gasteiger partial charge in [0.2, 0.25) is 5.91 Å². The number of hydrogen-bond donors (Lipinski definition) is 1. The molecule has 166 valence electrons. The van der Waals surface area contributed by atoms with Gasteiger partial charge < -0.3 is 14.7 Å². The van der Waals surface area contributed by atoms with E-state index in [0.29, 0.717) is 12.1 Å². The normalized spacial score (nSPS) is 21.8. The fourth-order valence-corrected chi connectivity index (χ4v) is 4.69. The van der Waals surface area contributed by atoms with Crippen molar-refractivity contribution in [1.82, 2.24) is 14.7 Å². The third-order valence-electron chi connectivity index (χ3n) is 6.89. The standard InChI is InChI=1S/C24H32N4O3/c1-15-4-9-21-22(28(15)16(2)29)11-10-20(17-12-25-27(13-17)19-7-8-19)24(21)31-14-23(30)26(3)18-5-6-18/h10-13,15,18-19,23,30H,4-9,14H2,1-3H3/t15-,23?/m0/s1. The highest BCUT2D eigenvalue weighted by Crippen LogP contribution is 2.44. The van der Waals surface area contributed by atoms with Gasteiger partial charge in [0.05, 0.1) is 17.9 Å². The lowest BCUT2D eigenvalue weighted by atomic mass is 9.92. The van der Waals surface area contributed by atoms with Gasteiger partial charge in [0, 0.05) is 41.9 Å². The van der Waals surface area contributed by atoms with Crippen molar-refractivity contribution in [2.24, 2.45) is 0 Å². The van der Waals surface area contributed by atoms with Crippen LogP contribution in [0.4, 0.5) is 5.69 Å². The number of carbonyl (C=O) groups excluding carboxylic acids is 1. The molecule has 0 radical (unpaired) electrons. The van der Waals surface area contributed by atoms with Crippen LogP contribution < -0.4 is 9.64 Å². The molecule has 2 aliphatic carbocycles. The number of aliphatic hydroxyl groups is 1. The number of fused-ring (bicyclic) bond motifs is 1. The van der Waals surface area contributed by atoms with Crippen molar-refractivity contribution >= 4 is 11.6 Å². The van der Waals surface area contributed by atoms with Gasteiger partial charge in [-0.3, -0.25) is 14.4 Å². The lowest BCUT2D eigenvalue weighted by molar-refractivity contribution is -0.117. The van der Waals surface area contributed by atoms with Crippen LogP contribution in [0.25, 0.3) is 11.1 Å². The van der Waals surface area contributed by atoms with E-state index in [1.165, 1.54) is 12.8 Å². The van der Waals surface area contributed by atoms with Crippen LogP contribution in [0.15, 0.2) is 24.5 Å². The molecule has 2 atom stereocenters. The zero-order valence-electron chi connectivity index (χ0n) is 18.6. The van der Waals surface area contributed by atoms with Crippen molar-refractivity contribution in [3.63, 3.8) is 0 Å². The molecule has 0 saturated heterocycles. The molecule has 3 aliphatic rings. The van der Waals surface area contributed by atoms with E-state index in [1.807, 2.05) is 39.9 Å². The van der Waals surface area contributed by atoms with Gasteiger partial charge >= 0.3 is 0 Å². The second kappa shape index (κ2) is 7.95. The maximum atomic E-state index is 12.4. The Bertz CT molecular complexity index is 979. The Kier molecular flexibility index (Phi) is 5.26. The Morgan fingerprint density at radius 2 is 2.06 bits per heavy atom. The molecule has 5 rings (SSSR count). The minimum Gasteiger partial charge on any atom is -0.488 e. The van der Waals surface area contributed by atoms with E-state index < -0.39 is 6.23 Å². The van der Waals surface area contributed by atoms with Gasteiger partial charge in [-0.25, -0.2) is 0 Å². The monoisotopic (exact) mass is 424 g/mol. The summed E-state index contributed by atoms with van der Waals surface area (Å²) >= 11 is 0. The highest BCUT2D eigenvalue weighted by molar-refractivity contribution is 5.95. The Balaban J connectivity index is 1.51. The average Bonchev–Trinajstić information content (AvgIpc) is 3.69. The summed E-state index contributed by atoms with van der Waals surface area (Å²) in [7, 11) is 1.95. The summed E-state index contributed by atoms with van der Waals surface area (Å²) in [6.07, 6.45) is 9.68. The first kappa shape index (κ1) is 20.5. The summed E-state index contributed by atoms with van der Waals surface area (Å²) in [5, 5.41) is 15.2. The number of aliphatic hydroxyl groups excluding tert-OH is 1. The molecule has 1 unspecified atom stereocenters. The highest BCUT2D eigenvalue weighted by atomic mass is 16.5. The average molecular weight is 425 g/mol. The first-order valence-electron chi connectivity index (χ1n) is 11.5. The van der Waals surface area contributed by atoms with Crippen LogP contribution in [0.1, 0.15) is 57.6 Å². The largest absolute Gasteiger partial charge is 0.488 e. The van der Waals surface area contributed by atoms with Crippen LogP contribution in [-0.2, 0) is 11.2 Å². The number of likely N-dealkylation sites (N-methyl/N-ethyl adjacent to an activating group) is 1. The third kappa shape index (κ3) is 3.96. The molecule has 1 aliphatic heterocycles. The molecule has 1 aromatic heterocycles. The van der Waals surface area contributed by atoms with Gasteiger partial charge in [0.25, 0.3) is 0 Å². The predicted octanol–water partition coefficient (Wildman–Crippen LogP) is 3.36. The quantitative estimate of drug-likeness (QED) is 0.690. The zero-order valence-corrected chi connectivity index (χ0v) is 18.6. The maximum absolute atomic E-state index is 12.4. The van der Waals surface area contributed by atoms with Gasteiger partial charge in [-0.2, -0.15) is 5.10 Å². The number of amides is 1. The number of carbonyl (C=O) groups is 1. The van der Waals surface area contributed by atoms with E-state index in [9.17, 15) is 9.90 Å². The second-order valence-electron chi connectivity index (χ2n) is 9.35. The minimum atomic E-state index is -0.656. The van der Waals surface area contributed by atoms with Crippen molar-refractivity contribution in [3.05, 3.63) is 30.1 Å². The molecule has 1 N–H and O–H groups in total. The van der Waals surface area contributed by atoms with Gasteiger partial charge in [0.1, 0.15) is 18.6 Å². The fraction of sp³-hybridized carbons (Fsp3) is 0.583. The predicted molar refractivity (Wildman–Crippen MR) is 119 cm³/mol. The topological polar surface area (TPSA) is 70.8 Å². The number of rotatable bonds is 7. The van der Waals surface area contributed by atoms with Crippen LogP contribution >= 0.6 is 0 Å². The number of ether oxygens (including phenoxy) is 1. The van der Waals surface area contributed by atoms with Crippen LogP contribution in [0.5, 0.6) is 5.75 Å². The minimum absolute atomic E-state index is 0.0437. The summed E-state index contributed by atoms with van der Waals surface area (Å²) in [5.41, 5.74) is 3.96. The van der Waals surface area contributed by atoms with E-state index in [4.69, 9.17) is 4.74 Å². The highest BCUT2D eigenvalue weighted by Gasteiger charge is 2.33. The van der Waals surface area contributed by atoms with E-state index in [-0.39, 0.29) is 18.6 Å². The van der Waals surface area contributed by atoms with Gasteiger partial charge in [-0.05, 0) is 64.6 Å². The van der Waals surface area contributed by atoms with Crippen molar-refractivity contribution in [2.45, 2.75) is 76.7 Å². The number of benzene rings is 1. The lowest BCUT2D eigenvalue weighted by Crippen LogP contribution is -2.41. The van der Waals surface area contributed by atoms with E-state index >= 15 is 0 Å². The summed E-state index contributed by atoms with van der Waals surface area (Å²) in [4.78, 5) is 16.2. The first-order valence-corrected chi connectivity index (χ1v) is 11.5. The molecule has 2 aromatic rings. The van der Waals surface area contributed by atoms with Crippen molar-refractivity contribution in [2.75, 3.05) is 18.6 Å². The van der Waals surface area contributed by atoms with E-state index in [2.05, 4.69) is 18.2 Å². The molecular weight excluding hydrogens is 392 g/mol. The second-order valence-corrected chi connectivity index (χ2v) is 9.35. The summed E-state index contributed by atoms with van der Waals surface area (Å²) in [5.74, 6) is 0.816. The molecule has 0 bridgehead atoms. The smallest absolute Gasteiger partial charge is 0.224 e. The molecule has 0 spiro atoms. The Labute approximate surface area is 183 Å². The number of hydrogen-bond acceptors (Lipinski definition) is 5. The number of anilines is 1. The summed E-state index contributed by atoms with van der Waals surface area (Å²) in [6, 6.07) is 5.20. The van der Waals surface area contributed by atoms with Crippen molar-refractivity contribution in [1.29, 1.82) is 0 Å². The molecular formula is C24H32N4O3. The Hall–Kier alpha value is -2.38. The third-order valence-corrected chi connectivity index (χ3v) is 6.89. The molecule has 2 fully saturated rings. The molecule has 1 aromatic carbocycles. The Morgan fingerprint density at radius 1 is 1.29 bits per heavy atom. The van der Waals surface area contributed by atoms with E-state index in [0.717, 1.165) is 53.8 Å². The van der Waals surface area contributed by atoms with Gasteiger partial charge in [0.15, 0.2) is 0 Å². The number of aromatic nitrogens is 2. The Morgan fingerprint density at radius 3 is 2.74 bits per heavy atom.